The average Bonchev–Trinajstić information content (AvgIpc) is 2.80. The molecule has 0 aliphatic rings. The van der Waals surface area contributed by atoms with Gasteiger partial charge in [-0.2, -0.15) is 4.98 Å². The van der Waals surface area contributed by atoms with Gasteiger partial charge in [0, 0.05) is 29.8 Å². The molecule has 7 nitrogen and oxygen atoms in total. The summed E-state index contributed by atoms with van der Waals surface area (Å²) in [7, 11) is 0. The Morgan fingerprint density at radius 1 is 0.971 bits per heavy atom. The molecule has 0 radical (unpaired) electrons. The van der Waals surface area contributed by atoms with Gasteiger partial charge in [0.1, 0.15) is 45.7 Å². The Balaban J connectivity index is 1.51. The first-order chi connectivity index (χ1) is 16.5. The van der Waals surface area contributed by atoms with Crippen molar-refractivity contribution in [2.45, 2.75) is 6.92 Å². The van der Waals surface area contributed by atoms with Crippen LogP contribution in [-0.4, -0.2) is 15.1 Å². The fourth-order valence-electron chi connectivity index (χ4n) is 3.53. The monoisotopic (exact) mass is 455 g/mol. The van der Waals surface area contributed by atoms with Gasteiger partial charge in [-0.25, -0.2) is 9.37 Å². The molecule has 0 aliphatic carbocycles. The molecule has 2 N–H and O–H groups in total. The van der Waals surface area contributed by atoms with Gasteiger partial charge in [-0.05, 0) is 19.1 Å². The summed E-state index contributed by atoms with van der Waals surface area (Å²) in [6.45, 7) is 1.67. The molecule has 0 spiro atoms. The van der Waals surface area contributed by atoms with E-state index in [-0.39, 0.29) is 39.5 Å². The molecular weight excluding hydrogens is 437 g/mol. The summed E-state index contributed by atoms with van der Waals surface area (Å²) in [5.74, 6) is 0.736. The molecule has 5 rings (SSSR count). The second-order valence-corrected chi connectivity index (χ2v) is 7.50. The van der Waals surface area contributed by atoms with Crippen LogP contribution in [0, 0.1) is 12.7 Å². The Morgan fingerprint density at radius 3 is 2.53 bits per heavy atom. The molecule has 0 saturated carbocycles. The number of fused-ring (bicyclic) bond motifs is 1. The third-order valence-corrected chi connectivity index (χ3v) is 5.02. The molecule has 0 amide bonds. The molecular formula is C26H18FN3O4. The first-order valence-electron chi connectivity index (χ1n) is 10.4. The van der Waals surface area contributed by atoms with E-state index in [0.29, 0.717) is 17.4 Å². The summed E-state index contributed by atoms with van der Waals surface area (Å²) in [5, 5.41) is 13.4. The van der Waals surface area contributed by atoms with Crippen LogP contribution >= 0.6 is 0 Å². The van der Waals surface area contributed by atoms with E-state index in [2.05, 4.69) is 15.3 Å². The largest absolute Gasteiger partial charge is 0.507 e. The molecule has 0 bridgehead atoms. The van der Waals surface area contributed by atoms with Crippen molar-refractivity contribution < 1.29 is 18.7 Å². The highest BCUT2D eigenvalue weighted by Gasteiger charge is 2.14. The van der Waals surface area contributed by atoms with Crippen LogP contribution in [0.4, 0.5) is 15.9 Å². The summed E-state index contributed by atoms with van der Waals surface area (Å²) in [6.07, 6.45) is 0. The molecule has 8 heteroatoms. The Morgan fingerprint density at radius 2 is 1.74 bits per heavy atom. The predicted molar refractivity (Wildman–Crippen MR) is 126 cm³/mol. The number of hydrogen-bond donors (Lipinski definition) is 2. The predicted octanol–water partition coefficient (Wildman–Crippen LogP) is 5.94. The second kappa shape index (κ2) is 8.67. The van der Waals surface area contributed by atoms with Crippen LogP contribution in [0.25, 0.3) is 22.3 Å². The van der Waals surface area contributed by atoms with Gasteiger partial charge in [-0.3, -0.25) is 4.79 Å². The minimum absolute atomic E-state index is 0.0489. The maximum absolute atomic E-state index is 14.0. The number of ether oxygens (including phenoxy) is 1. The number of aromatic hydroxyl groups is 1. The number of aryl methyl sites for hydroxylation is 1. The molecule has 0 saturated heterocycles. The summed E-state index contributed by atoms with van der Waals surface area (Å²) in [4.78, 5) is 21.1. The van der Waals surface area contributed by atoms with E-state index in [1.807, 2.05) is 30.3 Å². The second-order valence-electron chi connectivity index (χ2n) is 7.50. The number of aromatic nitrogens is 2. The lowest BCUT2D eigenvalue weighted by molar-refractivity contribution is 0.445. The summed E-state index contributed by atoms with van der Waals surface area (Å²) in [6, 6.07) is 21.0. The van der Waals surface area contributed by atoms with Gasteiger partial charge < -0.3 is 19.6 Å². The lowest BCUT2D eigenvalue weighted by Crippen LogP contribution is -2.02. The van der Waals surface area contributed by atoms with Crippen LogP contribution in [0.3, 0.4) is 0 Å². The molecule has 0 fully saturated rings. The van der Waals surface area contributed by atoms with E-state index in [9.17, 15) is 14.3 Å². The van der Waals surface area contributed by atoms with Crippen LogP contribution in [0.2, 0.25) is 0 Å². The maximum atomic E-state index is 14.0. The smallest absolute Gasteiger partial charge is 0.224 e. The number of para-hydroxylation sites is 1. The van der Waals surface area contributed by atoms with Gasteiger partial charge in [0.25, 0.3) is 0 Å². The van der Waals surface area contributed by atoms with Crippen molar-refractivity contribution in [3.8, 4) is 28.7 Å². The number of rotatable bonds is 5. The SMILES string of the molecule is Cc1nc(Nc2ccccc2F)cc(Oc2cc(O)c3c(=O)cc(-c4ccccc4)oc3c2)n1. The van der Waals surface area contributed by atoms with Gasteiger partial charge in [0.15, 0.2) is 5.43 Å². The number of benzene rings is 3. The van der Waals surface area contributed by atoms with Crippen molar-refractivity contribution in [3.05, 3.63) is 101 Å². The Hall–Kier alpha value is -4.72. The van der Waals surface area contributed by atoms with Crippen molar-refractivity contribution >= 4 is 22.5 Å². The van der Waals surface area contributed by atoms with Gasteiger partial charge in [0.05, 0.1) is 5.69 Å². The fourth-order valence-corrected chi connectivity index (χ4v) is 3.53. The third kappa shape index (κ3) is 4.29. The van der Waals surface area contributed by atoms with Crippen molar-refractivity contribution in [1.29, 1.82) is 0 Å². The quantitative estimate of drug-likeness (QED) is 0.338. The topological polar surface area (TPSA) is 97.5 Å². The van der Waals surface area contributed by atoms with Crippen LogP contribution in [0.1, 0.15) is 5.82 Å². The summed E-state index contributed by atoms with van der Waals surface area (Å²) < 4.78 is 25.7. The number of hydrogen-bond acceptors (Lipinski definition) is 7. The molecule has 34 heavy (non-hydrogen) atoms. The standard InChI is InChI=1S/C26H18FN3O4/c1-15-28-24(30-19-10-6-5-9-18(19)27)14-25(29-15)33-17-11-20(31)26-21(32)13-22(34-23(26)12-17)16-7-3-2-4-8-16/h2-14,31H,1H3,(H,28,29,30). The van der Waals surface area contributed by atoms with Gasteiger partial charge >= 0.3 is 0 Å². The van der Waals surface area contributed by atoms with Crippen LogP contribution < -0.4 is 15.5 Å². The number of phenols is 1. The minimum Gasteiger partial charge on any atom is -0.507 e. The van der Waals surface area contributed by atoms with E-state index >= 15 is 0 Å². The molecule has 0 atom stereocenters. The zero-order valence-electron chi connectivity index (χ0n) is 17.9. The number of halogens is 1. The van der Waals surface area contributed by atoms with Crippen molar-refractivity contribution in [3.63, 3.8) is 0 Å². The lowest BCUT2D eigenvalue weighted by Gasteiger charge is -2.11. The highest BCUT2D eigenvalue weighted by Crippen LogP contribution is 2.33. The highest BCUT2D eigenvalue weighted by molar-refractivity contribution is 5.86. The Labute approximate surface area is 193 Å². The summed E-state index contributed by atoms with van der Waals surface area (Å²) >= 11 is 0. The molecule has 2 heterocycles. The van der Waals surface area contributed by atoms with E-state index in [0.717, 1.165) is 5.56 Å². The van der Waals surface area contributed by atoms with Crippen molar-refractivity contribution in [2.75, 3.05) is 5.32 Å². The van der Waals surface area contributed by atoms with Gasteiger partial charge in [0.2, 0.25) is 5.88 Å². The van der Waals surface area contributed by atoms with E-state index in [4.69, 9.17) is 9.15 Å². The lowest BCUT2D eigenvalue weighted by atomic mass is 10.1. The van der Waals surface area contributed by atoms with Crippen molar-refractivity contribution in [2.24, 2.45) is 0 Å². The average molecular weight is 455 g/mol. The van der Waals surface area contributed by atoms with Crippen LogP contribution in [-0.2, 0) is 0 Å². The van der Waals surface area contributed by atoms with Crippen molar-refractivity contribution in [1.82, 2.24) is 9.97 Å². The first-order valence-corrected chi connectivity index (χ1v) is 10.4. The maximum Gasteiger partial charge on any atom is 0.224 e. The molecule has 3 aromatic carbocycles. The third-order valence-electron chi connectivity index (χ3n) is 5.02. The number of phenolic OH excluding ortho intramolecular Hbond substituents is 1. The minimum atomic E-state index is -0.426. The molecule has 0 aliphatic heterocycles. The van der Waals surface area contributed by atoms with E-state index < -0.39 is 5.82 Å². The highest BCUT2D eigenvalue weighted by atomic mass is 19.1. The zero-order chi connectivity index (χ0) is 23.7. The fraction of sp³-hybridized carbons (Fsp3) is 0.0385. The zero-order valence-corrected chi connectivity index (χ0v) is 17.9. The van der Waals surface area contributed by atoms with Gasteiger partial charge in [-0.15, -0.1) is 0 Å². The van der Waals surface area contributed by atoms with E-state index in [1.54, 1.807) is 25.1 Å². The molecule has 5 aromatic rings. The first kappa shape index (κ1) is 21.1. The van der Waals surface area contributed by atoms with Gasteiger partial charge in [-0.1, -0.05) is 42.5 Å². The Bertz CT molecular complexity index is 1570. The number of nitrogens with one attached hydrogen (secondary N) is 1. The molecule has 0 unspecified atom stereocenters. The van der Waals surface area contributed by atoms with E-state index in [1.165, 1.54) is 30.3 Å². The Kier molecular flexibility index (Phi) is 5.39. The normalized spacial score (nSPS) is 10.9. The number of anilines is 2. The van der Waals surface area contributed by atoms with Crippen LogP contribution in [0.15, 0.2) is 88.1 Å². The van der Waals surface area contributed by atoms with Crippen LogP contribution in [0.5, 0.6) is 17.4 Å². The number of nitrogens with zero attached hydrogens (tertiary/aromatic N) is 2. The molecule has 2 aromatic heterocycles. The summed E-state index contributed by atoms with van der Waals surface area (Å²) in [5.41, 5.74) is 0.767. The molecule has 168 valence electrons.